The van der Waals surface area contributed by atoms with Crippen LogP contribution in [-0.2, 0) is 15.9 Å². The summed E-state index contributed by atoms with van der Waals surface area (Å²) in [5.74, 6) is 1.03. The van der Waals surface area contributed by atoms with E-state index in [-0.39, 0.29) is 16.8 Å². The molecular formula is C13H19Cl2NO2S2. The number of halogens is 2. The Bertz CT molecular complexity index is 549. The number of rotatable bonds is 7. The van der Waals surface area contributed by atoms with E-state index >= 15 is 0 Å². The highest BCUT2D eigenvalue weighted by atomic mass is 35.5. The zero-order chi connectivity index (χ0) is 15.3. The Balaban J connectivity index is 3.12. The van der Waals surface area contributed by atoms with Gasteiger partial charge >= 0.3 is 0 Å². The summed E-state index contributed by atoms with van der Waals surface area (Å²) < 4.78 is 26.6. The number of nitrogens with zero attached hydrogens (tertiary/aromatic N) is 1. The molecule has 0 aliphatic heterocycles. The lowest BCUT2D eigenvalue weighted by Gasteiger charge is -2.26. The van der Waals surface area contributed by atoms with Gasteiger partial charge in [0, 0.05) is 29.7 Å². The van der Waals surface area contributed by atoms with Gasteiger partial charge in [-0.05, 0) is 30.4 Å². The molecule has 0 N–H and O–H groups in total. The van der Waals surface area contributed by atoms with Gasteiger partial charge < -0.3 is 0 Å². The predicted octanol–water partition coefficient (Wildman–Crippen LogP) is 3.84. The summed E-state index contributed by atoms with van der Waals surface area (Å²) in [5.41, 5.74) is 0.728. The third-order valence-electron chi connectivity index (χ3n) is 3.19. The van der Waals surface area contributed by atoms with E-state index in [4.69, 9.17) is 23.2 Å². The lowest BCUT2D eigenvalue weighted by molar-refractivity contribution is 0.385. The third-order valence-corrected chi connectivity index (χ3v) is 6.45. The van der Waals surface area contributed by atoms with E-state index in [0.717, 1.165) is 17.7 Å². The Morgan fingerprint density at radius 1 is 1.40 bits per heavy atom. The standard InChI is InChI=1S/C13H19Cl2NO2S2/c1-4-11(9-19-3)16(2)20(17,18)12-6-5-10(8-14)13(15)7-12/h5-7,11H,4,8-9H2,1-3H3. The van der Waals surface area contributed by atoms with Crippen LogP contribution in [0.2, 0.25) is 5.02 Å². The Labute approximate surface area is 135 Å². The molecular weight excluding hydrogens is 337 g/mol. The minimum atomic E-state index is -3.53. The van der Waals surface area contributed by atoms with Gasteiger partial charge in [0.25, 0.3) is 0 Å². The minimum Gasteiger partial charge on any atom is -0.207 e. The summed E-state index contributed by atoms with van der Waals surface area (Å²) in [6.45, 7) is 1.98. The first-order valence-electron chi connectivity index (χ1n) is 6.19. The molecule has 1 aromatic carbocycles. The molecule has 0 spiro atoms. The molecule has 7 heteroatoms. The molecule has 20 heavy (non-hydrogen) atoms. The summed E-state index contributed by atoms with van der Waals surface area (Å²) in [7, 11) is -1.91. The molecule has 114 valence electrons. The van der Waals surface area contributed by atoms with Crippen LogP contribution in [0, 0.1) is 0 Å². The molecule has 0 bridgehead atoms. The fourth-order valence-electron chi connectivity index (χ4n) is 1.83. The van der Waals surface area contributed by atoms with Gasteiger partial charge in [0.15, 0.2) is 0 Å². The van der Waals surface area contributed by atoms with E-state index in [2.05, 4.69) is 0 Å². The smallest absolute Gasteiger partial charge is 0.207 e. The zero-order valence-electron chi connectivity index (χ0n) is 11.8. The fraction of sp³-hybridized carbons (Fsp3) is 0.538. The monoisotopic (exact) mass is 355 g/mol. The Hall–Kier alpha value is 0.0600. The van der Waals surface area contributed by atoms with E-state index in [1.54, 1.807) is 30.9 Å². The SMILES string of the molecule is CCC(CSC)N(C)S(=O)(=O)c1ccc(CCl)c(Cl)c1. The first kappa shape index (κ1) is 18.1. The fourth-order valence-corrected chi connectivity index (χ4v) is 4.84. The van der Waals surface area contributed by atoms with Crippen LogP contribution in [0.15, 0.2) is 23.1 Å². The van der Waals surface area contributed by atoms with Crippen molar-refractivity contribution in [2.24, 2.45) is 0 Å². The van der Waals surface area contributed by atoms with E-state index in [0.29, 0.717) is 5.02 Å². The van der Waals surface area contributed by atoms with Crippen LogP contribution >= 0.6 is 35.0 Å². The van der Waals surface area contributed by atoms with E-state index < -0.39 is 10.0 Å². The molecule has 0 amide bonds. The van der Waals surface area contributed by atoms with E-state index in [1.165, 1.54) is 10.4 Å². The Morgan fingerprint density at radius 2 is 2.05 bits per heavy atom. The molecule has 0 aromatic heterocycles. The van der Waals surface area contributed by atoms with Crippen molar-refractivity contribution >= 4 is 45.0 Å². The molecule has 0 fully saturated rings. The van der Waals surface area contributed by atoms with Crippen molar-refractivity contribution in [2.45, 2.75) is 30.2 Å². The lowest BCUT2D eigenvalue weighted by atomic mass is 10.2. The van der Waals surface area contributed by atoms with Crippen molar-refractivity contribution < 1.29 is 8.42 Å². The maximum absolute atomic E-state index is 12.6. The second kappa shape index (κ2) is 7.90. The topological polar surface area (TPSA) is 37.4 Å². The number of benzene rings is 1. The van der Waals surface area contributed by atoms with Crippen molar-refractivity contribution in [1.82, 2.24) is 4.31 Å². The number of thioether (sulfide) groups is 1. The third kappa shape index (κ3) is 4.04. The summed E-state index contributed by atoms with van der Waals surface area (Å²) >= 11 is 13.4. The number of alkyl halides is 1. The second-order valence-corrected chi connectivity index (χ2v) is 8.01. The van der Waals surface area contributed by atoms with Gasteiger partial charge in [-0.1, -0.05) is 24.6 Å². The van der Waals surface area contributed by atoms with Crippen molar-refractivity contribution in [1.29, 1.82) is 0 Å². The highest BCUT2D eigenvalue weighted by Crippen LogP contribution is 2.25. The molecule has 1 atom stereocenters. The summed E-state index contributed by atoms with van der Waals surface area (Å²) in [6, 6.07) is 4.66. The first-order valence-corrected chi connectivity index (χ1v) is 9.94. The zero-order valence-corrected chi connectivity index (χ0v) is 14.9. The average molecular weight is 356 g/mol. The van der Waals surface area contributed by atoms with Crippen LogP contribution in [0.5, 0.6) is 0 Å². The van der Waals surface area contributed by atoms with Crippen LogP contribution < -0.4 is 0 Å². The van der Waals surface area contributed by atoms with Crippen LogP contribution in [0.4, 0.5) is 0 Å². The van der Waals surface area contributed by atoms with Crippen LogP contribution in [0.25, 0.3) is 0 Å². The van der Waals surface area contributed by atoms with E-state index in [9.17, 15) is 8.42 Å². The quantitative estimate of drug-likeness (QED) is 0.697. The molecule has 1 aromatic rings. The molecule has 0 saturated carbocycles. The van der Waals surface area contributed by atoms with Gasteiger partial charge in [-0.25, -0.2) is 8.42 Å². The molecule has 0 saturated heterocycles. The molecule has 3 nitrogen and oxygen atoms in total. The lowest BCUT2D eigenvalue weighted by Crippen LogP contribution is -2.38. The van der Waals surface area contributed by atoms with Gasteiger partial charge in [-0.2, -0.15) is 16.1 Å². The van der Waals surface area contributed by atoms with Crippen molar-refractivity contribution in [3.63, 3.8) is 0 Å². The molecule has 1 unspecified atom stereocenters. The number of hydrogen-bond acceptors (Lipinski definition) is 3. The highest BCUT2D eigenvalue weighted by molar-refractivity contribution is 7.98. The van der Waals surface area contributed by atoms with Crippen LogP contribution in [0.1, 0.15) is 18.9 Å². The summed E-state index contributed by atoms with van der Waals surface area (Å²) in [4.78, 5) is 0.207. The van der Waals surface area contributed by atoms with Gasteiger partial charge in [-0.3, -0.25) is 0 Å². The highest BCUT2D eigenvalue weighted by Gasteiger charge is 2.27. The van der Waals surface area contributed by atoms with Gasteiger partial charge in [-0.15, -0.1) is 11.6 Å². The predicted molar refractivity (Wildman–Crippen MR) is 88.4 cm³/mol. The van der Waals surface area contributed by atoms with Crippen molar-refractivity contribution in [3.8, 4) is 0 Å². The maximum atomic E-state index is 12.6. The molecule has 0 heterocycles. The van der Waals surface area contributed by atoms with Gasteiger partial charge in [0.2, 0.25) is 10.0 Å². The normalized spacial score (nSPS) is 13.7. The molecule has 0 aliphatic carbocycles. The Morgan fingerprint density at radius 3 is 2.50 bits per heavy atom. The van der Waals surface area contributed by atoms with Crippen LogP contribution in [-0.4, -0.2) is 37.8 Å². The van der Waals surface area contributed by atoms with Gasteiger partial charge in [0.1, 0.15) is 0 Å². The van der Waals surface area contributed by atoms with Gasteiger partial charge in [0.05, 0.1) is 4.90 Å². The molecule has 1 rings (SSSR count). The first-order chi connectivity index (χ1) is 9.38. The Kier molecular flexibility index (Phi) is 7.15. The van der Waals surface area contributed by atoms with Crippen molar-refractivity contribution in [3.05, 3.63) is 28.8 Å². The number of sulfonamides is 1. The largest absolute Gasteiger partial charge is 0.243 e. The molecule has 0 aliphatic rings. The molecule has 0 radical (unpaired) electrons. The maximum Gasteiger partial charge on any atom is 0.243 e. The minimum absolute atomic E-state index is 0.0264. The second-order valence-electron chi connectivity index (χ2n) is 4.43. The average Bonchev–Trinajstić information content (AvgIpc) is 2.43. The van der Waals surface area contributed by atoms with Crippen molar-refractivity contribution in [2.75, 3.05) is 19.1 Å². The number of hydrogen-bond donors (Lipinski definition) is 0. The van der Waals surface area contributed by atoms with Crippen LogP contribution in [0.3, 0.4) is 0 Å². The summed E-state index contributed by atoms with van der Waals surface area (Å²) in [5, 5.41) is 0.382. The van der Waals surface area contributed by atoms with E-state index in [1.807, 2.05) is 13.2 Å². The summed E-state index contributed by atoms with van der Waals surface area (Å²) in [6.07, 6.45) is 2.74.